The highest BCUT2D eigenvalue weighted by Crippen LogP contribution is 2.35. The van der Waals surface area contributed by atoms with E-state index in [2.05, 4.69) is 10.5 Å². The molecule has 0 radical (unpaired) electrons. The Morgan fingerprint density at radius 1 is 1.26 bits per heavy atom. The second-order valence-corrected chi connectivity index (χ2v) is 7.15. The van der Waals surface area contributed by atoms with Crippen molar-refractivity contribution in [3.05, 3.63) is 11.5 Å². The minimum atomic E-state index is -3.50. The smallest absolute Gasteiger partial charge is 0.249 e. The van der Waals surface area contributed by atoms with Gasteiger partial charge in [0.05, 0.1) is 0 Å². The second-order valence-electron chi connectivity index (χ2n) is 5.37. The van der Waals surface area contributed by atoms with Crippen LogP contribution in [-0.4, -0.2) is 43.1 Å². The van der Waals surface area contributed by atoms with Crippen LogP contribution in [0, 0.1) is 13.8 Å². The first kappa shape index (κ1) is 13.1. The molecule has 19 heavy (non-hydrogen) atoms. The van der Waals surface area contributed by atoms with E-state index in [4.69, 9.17) is 4.52 Å². The van der Waals surface area contributed by atoms with Crippen molar-refractivity contribution in [3.8, 4) is 0 Å². The van der Waals surface area contributed by atoms with Crippen molar-refractivity contribution in [1.29, 1.82) is 0 Å². The SMILES string of the molecule is Cc1noc(C)c1S(=O)(=O)N1C2CCNCC1CC2. The zero-order chi connectivity index (χ0) is 13.6. The van der Waals surface area contributed by atoms with Crippen molar-refractivity contribution in [2.45, 2.75) is 50.1 Å². The van der Waals surface area contributed by atoms with E-state index in [1.807, 2.05) is 0 Å². The largest absolute Gasteiger partial charge is 0.360 e. The number of aryl methyl sites for hydroxylation is 2. The number of nitrogens with zero attached hydrogens (tertiary/aromatic N) is 2. The quantitative estimate of drug-likeness (QED) is 0.870. The van der Waals surface area contributed by atoms with Gasteiger partial charge in [-0.15, -0.1) is 0 Å². The van der Waals surface area contributed by atoms with Gasteiger partial charge in [0, 0.05) is 18.6 Å². The van der Waals surface area contributed by atoms with Crippen LogP contribution in [0.4, 0.5) is 0 Å². The molecule has 1 aromatic heterocycles. The number of rotatable bonds is 2. The van der Waals surface area contributed by atoms with Crippen molar-refractivity contribution in [3.63, 3.8) is 0 Å². The molecule has 2 saturated heterocycles. The molecule has 3 heterocycles. The van der Waals surface area contributed by atoms with Gasteiger partial charge in [-0.1, -0.05) is 5.16 Å². The molecule has 0 spiro atoms. The van der Waals surface area contributed by atoms with E-state index in [0.717, 1.165) is 32.4 Å². The van der Waals surface area contributed by atoms with Gasteiger partial charge in [0.2, 0.25) is 10.0 Å². The molecular formula is C12H19N3O3S. The van der Waals surface area contributed by atoms with E-state index in [-0.39, 0.29) is 17.0 Å². The maximum Gasteiger partial charge on any atom is 0.249 e. The van der Waals surface area contributed by atoms with Gasteiger partial charge in [0.1, 0.15) is 10.6 Å². The van der Waals surface area contributed by atoms with Crippen molar-refractivity contribution in [1.82, 2.24) is 14.8 Å². The lowest BCUT2D eigenvalue weighted by Gasteiger charge is -2.26. The fourth-order valence-electron chi connectivity index (χ4n) is 3.28. The van der Waals surface area contributed by atoms with Gasteiger partial charge in [-0.2, -0.15) is 4.31 Å². The van der Waals surface area contributed by atoms with Crippen LogP contribution in [0.5, 0.6) is 0 Å². The summed E-state index contributed by atoms with van der Waals surface area (Å²) < 4.78 is 32.5. The first-order valence-corrected chi connectivity index (χ1v) is 8.13. The number of fused-ring (bicyclic) bond motifs is 2. The molecule has 7 heteroatoms. The molecule has 1 aromatic rings. The summed E-state index contributed by atoms with van der Waals surface area (Å²) in [6.45, 7) is 4.96. The summed E-state index contributed by atoms with van der Waals surface area (Å²) in [4.78, 5) is 0.256. The highest BCUT2D eigenvalue weighted by atomic mass is 32.2. The Hall–Kier alpha value is -0.920. The molecule has 2 unspecified atom stereocenters. The van der Waals surface area contributed by atoms with Crippen LogP contribution in [0.3, 0.4) is 0 Å². The maximum atomic E-state index is 12.9. The Balaban J connectivity index is 2.05. The van der Waals surface area contributed by atoms with Gasteiger partial charge < -0.3 is 9.84 Å². The van der Waals surface area contributed by atoms with Gasteiger partial charge in [0.25, 0.3) is 0 Å². The molecule has 2 aliphatic rings. The van der Waals surface area contributed by atoms with Crippen LogP contribution in [0.25, 0.3) is 0 Å². The maximum absolute atomic E-state index is 12.9. The van der Waals surface area contributed by atoms with Crippen LogP contribution >= 0.6 is 0 Å². The minimum Gasteiger partial charge on any atom is -0.360 e. The van der Waals surface area contributed by atoms with Crippen LogP contribution in [0.15, 0.2) is 9.42 Å². The van der Waals surface area contributed by atoms with E-state index in [1.165, 1.54) is 0 Å². The fraction of sp³-hybridized carbons (Fsp3) is 0.750. The lowest BCUT2D eigenvalue weighted by Crippen LogP contribution is -2.42. The first-order chi connectivity index (χ1) is 9.01. The molecule has 2 bridgehead atoms. The molecule has 106 valence electrons. The summed E-state index contributed by atoms with van der Waals surface area (Å²) in [5.41, 5.74) is 0.453. The molecule has 0 amide bonds. The van der Waals surface area contributed by atoms with Crippen LogP contribution in [0.2, 0.25) is 0 Å². The first-order valence-electron chi connectivity index (χ1n) is 6.69. The van der Waals surface area contributed by atoms with Gasteiger partial charge in [-0.25, -0.2) is 8.42 Å². The third-order valence-corrected chi connectivity index (χ3v) is 6.34. The monoisotopic (exact) mass is 285 g/mol. The predicted molar refractivity (Wildman–Crippen MR) is 69.3 cm³/mol. The molecule has 2 atom stereocenters. The molecular weight excluding hydrogens is 266 g/mol. The number of aromatic nitrogens is 1. The van der Waals surface area contributed by atoms with Crippen molar-refractivity contribution < 1.29 is 12.9 Å². The molecule has 1 N–H and O–H groups in total. The normalized spacial score (nSPS) is 28.5. The van der Waals surface area contributed by atoms with Gasteiger partial charge >= 0.3 is 0 Å². The highest BCUT2D eigenvalue weighted by molar-refractivity contribution is 7.89. The lowest BCUT2D eigenvalue weighted by molar-refractivity contribution is 0.333. The Morgan fingerprint density at radius 3 is 2.68 bits per heavy atom. The van der Waals surface area contributed by atoms with E-state index in [9.17, 15) is 8.42 Å². The molecule has 0 aromatic carbocycles. The van der Waals surface area contributed by atoms with Gasteiger partial charge in [0.15, 0.2) is 5.76 Å². The molecule has 0 saturated carbocycles. The molecule has 2 aliphatic heterocycles. The predicted octanol–water partition coefficient (Wildman–Crippen LogP) is 0.806. The Kier molecular flexibility index (Phi) is 3.15. The summed E-state index contributed by atoms with van der Waals surface area (Å²) in [5, 5.41) is 7.08. The van der Waals surface area contributed by atoms with E-state index < -0.39 is 10.0 Å². The fourth-order valence-corrected chi connectivity index (χ4v) is 5.48. The van der Waals surface area contributed by atoms with E-state index >= 15 is 0 Å². The number of sulfonamides is 1. The molecule has 3 rings (SSSR count). The summed E-state index contributed by atoms with van der Waals surface area (Å²) >= 11 is 0. The van der Waals surface area contributed by atoms with Gasteiger partial charge in [-0.3, -0.25) is 0 Å². The van der Waals surface area contributed by atoms with Crippen LogP contribution in [-0.2, 0) is 10.0 Å². The minimum absolute atomic E-state index is 0.0613. The second kappa shape index (κ2) is 4.57. The molecule has 2 fully saturated rings. The Bertz CT molecular complexity index is 548. The topological polar surface area (TPSA) is 75.4 Å². The zero-order valence-electron chi connectivity index (χ0n) is 11.2. The number of hydrogen-bond acceptors (Lipinski definition) is 5. The van der Waals surface area contributed by atoms with Crippen LogP contribution < -0.4 is 5.32 Å². The summed E-state index contributed by atoms with van der Waals surface area (Å²) in [7, 11) is -3.50. The van der Waals surface area contributed by atoms with Crippen molar-refractivity contribution >= 4 is 10.0 Å². The highest BCUT2D eigenvalue weighted by Gasteiger charge is 2.44. The standard InChI is InChI=1S/C12H19N3O3S/c1-8-12(9(2)18-14-8)19(16,17)15-10-3-4-11(15)7-13-6-5-10/h10-11,13H,3-7H2,1-2H3. The van der Waals surface area contributed by atoms with E-state index in [1.54, 1.807) is 18.2 Å². The molecule has 6 nitrogen and oxygen atoms in total. The van der Waals surface area contributed by atoms with Gasteiger partial charge in [-0.05, 0) is 39.7 Å². The third kappa shape index (κ3) is 2.00. The molecule has 0 aliphatic carbocycles. The number of nitrogens with one attached hydrogen (secondary N) is 1. The summed E-state index contributed by atoms with van der Waals surface area (Å²) in [5.74, 6) is 0.383. The third-order valence-electron chi connectivity index (χ3n) is 4.09. The van der Waals surface area contributed by atoms with Crippen molar-refractivity contribution in [2.24, 2.45) is 0 Å². The lowest BCUT2D eigenvalue weighted by atomic mass is 10.1. The van der Waals surface area contributed by atoms with Crippen molar-refractivity contribution in [2.75, 3.05) is 13.1 Å². The number of hydrogen-bond donors (Lipinski definition) is 1. The van der Waals surface area contributed by atoms with Crippen LogP contribution in [0.1, 0.15) is 30.7 Å². The summed E-state index contributed by atoms with van der Waals surface area (Å²) in [6.07, 6.45) is 2.76. The Labute approximate surface area is 113 Å². The van der Waals surface area contributed by atoms with E-state index in [0.29, 0.717) is 11.5 Å². The Morgan fingerprint density at radius 2 is 2.00 bits per heavy atom. The zero-order valence-corrected chi connectivity index (χ0v) is 12.0. The summed E-state index contributed by atoms with van der Waals surface area (Å²) in [6, 6.07) is 0.171. The average Bonchev–Trinajstić information content (AvgIpc) is 2.78. The average molecular weight is 285 g/mol.